The summed E-state index contributed by atoms with van der Waals surface area (Å²) < 4.78 is 10.5. The van der Waals surface area contributed by atoms with Gasteiger partial charge < -0.3 is 14.8 Å². The smallest absolute Gasteiger partial charge is 0.270 e. The van der Waals surface area contributed by atoms with Crippen LogP contribution in [0.1, 0.15) is 15.9 Å². The van der Waals surface area contributed by atoms with Gasteiger partial charge in [-0.1, -0.05) is 12.1 Å². The molecule has 0 unspecified atom stereocenters. The van der Waals surface area contributed by atoms with E-state index in [0.29, 0.717) is 18.7 Å². The van der Waals surface area contributed by atoms with Gasteiger partial charge in [-0.05, 0) is 30.2 Å². The zero-order valence-corrected chi connectivity index (χ0v) is 12.2. The third-order valence-corrected chi connectivity index (χ3v) is 3.46. The molecule has 23 heavy (non-hydrogen) atoms. The van der Waals surface area contributed by atoms with Crippen molar-refractivity contribution in [1.29, 1.82) is 0 Å². The van der Waals surface area contributed by atoms with E-state index in [4.69, 9.17) is 9.47 Å². The van der Waals surface area contributed by atoms with Crippen LogP contribution in [0.2, 0.25) is 0 Å². The molecule has 7 heteroatoms. The molecule has 0 aliphatic carbocycles. The molecule has 118 valence electrons. The summed E-state index contributed by atoms with van der Waals surface area (Å²) in [5.74, 6) is 1.08. The van der Waals surface area contributed by atoms with E-state index >= 15 is 0 Å². The number of nitrogens with one attached hydrogen (secondary N) is 1. The van der Waals surface area contributed by atoms with Crippen LogP contribution in [0.5, 0.6) is 11.5 Å². The zero-order valence-electron chi connectivity index (χ0n) is 12.2. The molecule has 1 N–H and O–H groups in total. The van der Waals surface area contributed by atoms with Crippen LogP contribution in [0.15, 0.2) is 42.5 Å². The molecule has 3 rings (SSSR count). The predicted molar refractivity (Wildman–Crippen MR) is 81.7 cm³/mol. The molecule has 2 aromatic carbocycles. The number of amides is 1. The third-order valence-electron chi connectivity index (χ3n) is 3.46. The summed E-state index contributed by atoms with van der Waals surface area (Å²) >= 11 is 0. The van der Waals surface area contributed by atoms with Gasteiger partial charge in [0.05, 0.1) is 4.92 Å². The molecule has 0 saturated heterocycles. The van der Waals surface area contributed by atoms with Crippen LogP contribution in [-0.4, -0.2) is 24.2 Å². The first-order valence-electron chi connectivity index (χ1n) is 7.04. The standard InChI is InChI=1S/C16H14N2O5/c19-16(12-2-1-3-13(9-12)18(20)21)17-7-6-11-4-5-14-15(8-11)23-10-22-14/h1-5,8-9H,6-7,10H2,(H,17,19). The lowest BCUT2D eigenvalue weighted by Gasteiger charge is -2.06. The van der Waals surface area contributed by atoms with Crippen molar-refractivity contribution in [1.82, 2.24) is 5.32 Å². The summed E-state index contributed by atoms with van der Waals surface area (Å²) in [5.41, 5.74) is 1.17. The Kier molecular flexibility index (Phi) is 4.09. The number of carbonyl (C=O) groups excluding carboxylic acids is 1. The molecule has 0 fully saturated rings. The molecule has 0 spiro atoms. The van der Waals surface area contributed by atoms with Crippen LogP contribution in [0.3, 0.4) is 0 Å². The molecule has 0 radical (unpaired) electrons. The average Bonchev–Trinajstić information content (AvgIpc) is 3.02. The van der Waals surface area contributed by atoms with Crippen molar-refractivity contribution >= 4 is 11.6 Å². The first-order valence-corrected chi connectivity index (χ1v) is 7.04. The van der Waals surface area contributed by atoms with Crippen molar-refractivity contribution in [3.8, 4) is 11.5 Å². The number of hydrogen-bond donors (Lipinski definition) is 1. The van der Waals surface area contributed by atoms with Gasteiger partial charge in [0.15, 0.2) is 11.5 Å². The SMILES string of the molecule is O=C(NCCc1ccc2c(c1)OCO2)c1cccc([N+](=O)[O-])c1. The van der Waals surface area contributed by atoms with Crippen LogP contribution in [-0.2, 0) is 6.42 Å². The minimum atomic E-state index is -0.524. The largest absolute Gasteiger partial charge is 0.454 e. The number of non-ortho nitro benzene ring substituents is 1. The number of rotatable bonds is 5. The summed E-state index contributed by atoms with van der Waals surface area (Å²) in [5, 5.41) is 13.5. The Bertz CT molecular complexity index is 760. The molecule has 2 aromatic rings. The molecule has 7 nitrogen and oxygen atoms in total. The second kappa shape index (κ2) is 6.35. The number of nitro groups is 1. The van der Waals surface area contributed by atoms with Gasteiger partial charge in [0, 0.05) is 24.2 Å². The van der Waals surface area contributed by atoms with E-state index in [1.54, 1.807) is 6.07 Å². The van der Waals surface area contributed by atoms with Crippen molar-refractivity contribution in [3.63, 3.8) is 0 Å². The Morgan fingerprint density at radius 1 is 1.17 bits per heavy atom. The van der Waals surface area contributed by atoms with E-state index in [9.17, 15) is 14.9 Å². The number of benzene rings is 2. The molecule has 0 aromatic heterocycles. The van der Waals surface area contributed by atoms with E-state index in [1.807, 2.05) is 18.2 Å². The highest BCUT2D eigenvalue weighted by molar-refractivity contribution is 5.94. The summed E-state index contributed by atoms with van der Waals surface area (Å²) in [6.45, 7) is 0.642. The number of carbonyl (C=O) groups is 1. The van der Waals surface area contributed by atoms with Crippen molar-refractivity contribution in [2.45, 2.75) is 6.42 Å². The maximum Gasteiger partial charge on any atom is 0.270 e. The van der Waals surface area contributed by atoms with Crippen LogP contribution in [0.4, 0.5) is 5.69 Å². The molecule has 1 amide bonds. The van der Waals surface area contributed by atoms with Gasteiger partial charge >= 0.3 is 0 Å². The Balaban J connectivity index is 1.57. The second-order valence-electron chi connectivity index (χ2n) is 5.00. The number of fused-ring (bicyclic) bond motifs is 1. The van der Waals surface area contributed by atoms with Crippen LogP contribution < -0.4 is 14.8 Å². The van der Waals surface area contributed by atoms with Crippen LogP contribution in [0.25, 0.3) is 0 Å². The number of nitro benzene ring substituents is 1. The quantitative estimate of drug-likeness (QED) is 0.675. The van der Waals surface area contributed by atoms with E-state index in [-0.39, 0.29) is 24.0 Å². The molecule has 1 aliphatic heterocycles. The molecule has 1 aliphatic rings. The Morgan fingerprint density at radius 2 is 2.00 bits per heavy atom. The lowest BCUT2D eigenvalue weighted by atomic mass is 10.1. The number of nitrogens with zero attached hydrogens (tertiary/aromatic N) is 1. The fourth-order valence-electron chi connectivity index (χ4n) is 2.28. The first-order chi connectivity index (χ1) is 11.1. The highest BCUT2D eigenvalue weighted by Gasteiger charge is 2.14. The number of hydrogen-bond acceptors (Lipinski definition) is 5. The maximum atomic E-state index is 12.0. The van der Waals surface area contributed by atoms with Crippen LogP contribution in [0, 0.1) is 10.1 Å². The summed E-state index contributed by atoms with van der Waals surface area (Å²) in [6, 6.07) is 11.3. The zero-order chi connectivity index (χ0) is 16.2. The normalized spacial score (nSPS) is 12.0. The van der Waals surface area contributed by atoms with Gasteiger partial charge in [0.1, 0.15) is 0 Å². The monoisotopic (exact) mass is 314 g/mol. The van der Waals surface area contributed by atoms with Gasteiger partial charge in [-0.3, -0.25) is 14.9 Å². The van der Waals surface area contributed by atoms with Gasteiger partial charge in [-0.15, -0.1) is 0 Å². The summed E-state index contributed by atoms with van der Waals surface area (Å²) in [7, 11) is 0. The van der Waals surface area contributed by atoms with Gasteiger partial charge in [0.25, 0.3) is 11.6 Å². The van der Waals surface area contributed by atoms with E-state index < -0.39 is 4.92 Å². The number of ether oxygens (including phenoxy) is 2. The molecule has 0 atom stereocenters. The molecular formula is C16H14N2O5. The third kappa shape index (κ3) is 3.39. The summed E-state index contributed by atoms with van der Waals surface area (Å²) in [4.78, 5) is 22.2. The Hall–Kier alpha value is -3.09. The van der Waals surface area contributed by atoms with Gasteiger partial charge in [0.2, 0.25) is 6.79 Å². The van der Waals surface area contributed by atoms with Crippen molar-refractivity contribution < 1.29 is 19.2 Å². The van der Waals surface area contributed by atoms with Crippen molar-refractivity contribution in [2.75, 3.05) is 13.3 Å². The average molecular weight is 314 g/mol. The Morgan fingerprint density at radius 3 is 2.83 bits per heavy atom. The first kappa shape index (κ1) is 14.8. The highest BCUT2D eigenvalue weighted by Crippen LogP contribution is 2.32. The predicted octanol–water partition coefficient (Wildman–Crippen LogP) is 2.30. The van der Waals surface area contributed by atoms with Crippen LogP contribution >= 0.6 is 0 Å². The lowest BCUT2D eigenvalue weighted by Crippen LogP contribution is -2.25. The second-order valence-corrected chi connectivity index (χ2v) is 5.00. The molecule has 1 heterocycles. The summed E-state index contributed by atoms with van der Waals surface area (Å²) in [6.07, 6.45) is 0.622. The fraction of sp³-hybridized carbons (Fsp3) is 0.188. The minimum absolute atomic E-state index is 0.103. The molecule has 0 bridgehead atoms. The van der Waals surface area contributed by atoms with E-state index in [0.717, 1.165) is 11.3 Å². The van der Waals surface area contributed by atoms with E-state index in [1.165, 1.54) is 18.2 Å². The highest BCUT2D eigenvalue weighted by atomic mass is 16.7. The fourth-order valence-corrected chi connectivity index (χ4v) is 2.28. The van der Waals surface area contributed by atoms with Crippen molar-refractivity contribution in [3.05, 3.63) is 63.7 Å². The van der Waals surface area contributed by atoms with Gasteiger partial charge in [-0.2, -0.15) is 0 Å². The van der Waals surface area contributed by atoms with Crippen molar-refractivity contribution in [2.24, 2.45) is 0 Å². The van der Waals surface area contributed by atoms with Gasteiger partial charge in [-0.25, -0.2) is 0 Å². The lowest BCUT2D eigenvalue weighted by molar-refractivity contribution is -0.384. The minimum Gasteiger partial charge on any atom is -0.454 e. The Labute approximate surface area is 132 Å². The topological polar surface area (TPSA) is 90.7 Å². The van der Waals surface area contributed by atoms with E-state index in [2.05, 4.69) is 5.32 Å². The molecule has 0 saturated carbocycles. The molecular weight excluding hydrogens is 300 g/mol. The maximum absolute atomic E-state index is 12.0.